The standard InChI is InChI=1S/C15H21N3O/c1-2-8-18-11-17-10-14(18)15(19)13(16)9-12-6-4-3-5-7-12/h3-7,10-11,13,15,19H,2,8-9,16H2,1H3. The number of nitrogens with zero attached hydrogens (tertiary/aromatic N) is 2. The van der Waals surface area contributed by atoms with E-state index in [1.54, 1.807) is 12.5 Å². The maximum atomic E-state index is 10.4. The Balaban J connectivity index is 2.06. The van der Waals surface area contributed by atoms with Crippen LogP contribution in [0, 0.1) is 0 Å². The molecule has 0 bridgehead atoms. The van der Waals surface area contributed by atoms with E-state index in [0.717, 1.165) is 24.2 Å². The Labute approximate surface area is 113 Å². The fourth-order valence-electron chi connectivity index (χ4n) is 2.22. The van der Waals surface area contributed by atoms with Crippen molar-refractivity contribution in [2.45, 2.75) is 38.5 Å². The average molecular weight is 259 g/mol. The lowest BCUT2D eigenvalue weighted by Crippen LogP contribution is -2.32. The summed E-state index contributed by atoms with van der Waals surface area (Å²) in [6.07, 6.45) is 4.42. The van der Waals surface area contributed by atoms with Gasteiger partial charge in [0.1, 0.15) is 6.10 Å². The number of aliphatic hydroxyl groups excluding tert-OH is 1. The van der Waals surface area contributed by atoms with Crippen LogP contribution in [-0.2, 0) is 13.0 Å². The Bertz CT molecular complexity index is 495. The van der Waals surface area contributed by atoms with E-state index in [1.165, 1.54) is 0 Å². The lowest BCUT2D eigenvalue weighted by atomic mass is 10.0. The second-order valence-electron chi connectivity index (χ2n) is 4.81. The third kappa shape index (κ3) is 3.43. The molecule has 0 aliphatic carbocycles. The highest BCUT2D eigenvalue weighted by molar-refractivity contribution is 5.17. The first-order valence-electron chi connectivity index (χ1n) is 6.70. The molecule has 0 fully saturated rings. The van der Waals surface area contributed by atoms with Crippen molar-refractivity contribution in [3.05, 3.63) is 54.1 Å². The Morgan fingerprint density at radius 3 is 2.74 bits per heavy atom. The van der Waals surface area contributed by atoms with E-state index < -0.39 is 6.10 Å². The molecule has 0 aliphatic rings. The lowest BCUT2D eigenvalue weighted by Gasteiger charge is -2.20. The number of aliphatic hydroxyl groups is 1. The number of imidazole rings is 1. The zero-order valence-electron chi connectivity index (χ0n) is 11.2. The lowest BCUT2D eigenvalue weighted by molar-refractivity contribution is 0.137. The zero-order chi connectivity index (χ0) is 13.7. The SMILES string of the molecule is CCCn1cncc1C(O)C(N)Cc1ccccc1. The Hall–Kier alpha value is -1.65. The number of rotatable bonds is 6. The molecule has 102 valence electrons. The average Bonchev–Trinajstić information content (AvgIpc) is 2.87. The topological polar surface area (TPSA) is 64.1 Å². The van der Waals surface area contributed by atoms with Gasteiger partial charge in [-0.1, -0.05) is 37.3 Å². The molecular weight excluding hydrogens is 238 g/mol. The summed E-state index contributed by atoms with van der Waals surface area (Å²) in [5, 5.41) is 10.4. The Morgan fingerprint density at radius 2 is 2.05 bits per heavy atom. The molecule has 1 aromatic heterocycles. The molecule has 4 nitrogen and oxygen atoms in total. The number of aryl methyl sites for hydroxylation is 1. The molecule has 0 saturated heterocycles. The Morgan fingerprint density at radius 1 is 1.32 bits per heavy atom. The van der Waals surface area contributed by atoms with Crippen LogP contribution in [0.15, 0.2) is 42.9 Å². The molecule has 4 heteroatoms. The maximum absolute atomic E-state index is 10.4. The van der Waals surface area contributed by atoms with Crippen molar-refractivity contribution in [1.82, 2.24) is 9.55 Å². The van der Waals surface area contributed by atoms with Gasteiger partial charge in [-0.2, -0.15) is 0 Å². The molecule has 1 heterocycles. The van der Waals surface area contributed by atoms with Crippen LogP contribution in [0.5, 0.6) is 0 Å². The molecular formula is C15H21N3O. The van der Waals surface area contributed by atoms with E-state index in [-0.39, 0.29) is 6.04 Å². The molecule has 0 spiro atoms. The summed E-state index contributed by atoms with van der Waals surface area (Å²) in [6.45, 7) is 2.95. The summed E-state index contributed by atoms with van der Waals surface area (Å²) < 4.78 is 1.97. The van der Waals surface area contributed by atoms with Crippen molar-refractivity contribution in [3.8, 4) is 0 Å². The molecule has 0 saturated carbocycles. The highest BCUT2D eigenvalue weighted by atomic mass is 16.3. The van der Waals surface area contributed by atoms with Crippen LogP contribution < -0.4 is 5.73 Å². The minimum atomic E-state index is -0.686. The fourth-order valence-corrected chi connectivity index (χ4v) is 2.22. The van der Waals surface area contributed by atoms with Gasteiger partial charge in [-0.15, -0.1) is 0 Å². The summed E-state index contributed by atoms with van der Waals surface area (Å²) >= 11 is 0. The summed E-state index contributed by atoms with van der Waals surface area (Å²) in [4.78, 5) is 4.10. The van der Waals surface area contributed by atoms with Crippen LogP contribution in [0.2, 0.25) is 0 Å². The van der Waals surface area contributed by atoms with E-state index >= 15 is 0 Å². The van der Waals surface area contributed by atoms with Gasteiger partial charge in [0.15, 0.2) is 0 Å². The maximum Gasteiger partial charge on any atom is 0.111 e. The van der Waals surface area contributed by atoms with Crippen molar-refractivity contribution < 1.29 is 5.11 Å². The van der Waals surface area contributed by atoms with Crippen LogP contribution in [0.1, 0.15) is 30.7 Å². The molecule has 19 heavy (non-hydrogen) atoms. The first-order chi connectivity index (χ1) is 9.22. The second kappa shape index (κ2) is 6.50. The number of hydrogen-bond acceptors (Lipinski definition) is 3. The molecule has 2 unspecified atom stereocenters. The third-order valence-corrected chi connectivity index (χ3v) is 3.23. The van der Waals surface area contributed by atoms with Gasteiger partial charge in [0, 0.05) is 12.6 Å². The van der Waals surface area contributed by atoms with Gasteiger partial charge >= 0.3 is 0 Å². The summed E-state index contributed by atoms with van der Waals surface area (Å²) in [6, 6.07) is 9.66. The molecule has 0 radical (unpaired) electrons. The minimum absolute atomic E-state index is 0.324. The summed E-state index contributed by atoms with van der Waals surface area (Å²) in [5.41, 5.74) is 8.05. The van der Waals surface area contributed by atoms with Gasteiger partial charge in [0.2, 0.25) is 0 Å². The minimum Gasteiger partial charge on any atom is -0.385 e. The van der Waals surface area contributed by atoms with Crippen molar-refractivity contribution in [3.63, 3.8) is 0 Å². The largest absolute Gasteiger partial charge is 0.385 e. The van der Waals surface area contributed by atoms with Crippen molar-refractivity contribution >= 4 is 0 Å². The number of aromatic nitrogens is 2. The predicted molar refractivity (Wildman–Crippen MR) is 75.6 cm³/mol. The number of hydrogen-bond donors (Lipinski definition) is 2. The van der Waals surface area contributed by atoms with Crippen molar-refractivity contribution in [1.29, 1.82) is 0 Å². The highest BCUT2D eigenvalue weighted by Crippen LogP contribution is 2.18. The molecule has 2 rings (SSSR count). The fraction of sp³-hybridized carbons (Fsp3) is 0.400. The first kappa shape index (κ1) is 13.8. The third-order valence-electron chi connectivity index (χ3n) is 3.23. The van der Waals surface area contributed by atoms with Gasteiger partial charge in [0.05, 0.1) is 18.2 Å². The van der Waals surface area contributed by atoms with E-state index in [4.69, 9.17) is 5.73 Å². The van der Waals surface area contributed by atoms with E-state index in [0.29, 0.717) is 6.42 Å². The van der Waals surface area contributed by atoms with Gasteiger partial charge in [-0.25, -0.2) is 4.98 Å². The van der Waals surface area contributed by atoms with Crippen molar-refractivity contribution in [2.24, 2.45) is 5.73 Å². The van der Waals surface area contributed by atoms with Crippen LogP contribution in [0.4, 0.5) is 0 Å². The van der Waals surface area contributed by atoms with Crippen LogP contribution in [0.25, 0.3) is 0 Å². The van der Waals surface area contributed by atoms with Crippen LogP contribution in [-0.4, -0.2) is 20.7 Å². The van der Waals surface area contributed by atoms with Crippen LogP contribution >= 0.6 is 0 Å². The normalized spacial score (nSPS) is 14.3. The van der Waals surface area contributed by atoms with Crippen molar-refractivity contribution in [2.75, 3.05) is 0 Å². The van der Waals surface area contributed by atoms with Gasteiger partial charge in [-0.05, 0) is 18.4 Å². The van der Waals surface area contributed by atoms with E-state index in [1.807, 2.05) is 34.9 Å². The van der Waals surface area contributed by atoms with Crippen LogP contribution in [0.3, 0.4) is 0 Å². The van der Waals surface area contributed by atoms with Gasteiger partial charge in [-0.3, -0.25) is 0 Å². The molecule has 0 aliphatic heterocycles. The molecule has 1 aromatic carbocycles. The zero-order valence-corrected chi connectivity index (χ0v) is 11.2. The monoisotopic (exact) mass is 259 g/mol. The number of benzene rings is 1. The Kier molecular flexibility index (Phi) is 4.71. The first-order valence-corrected chi connectivity index (χ1v) is 6.70. The predicted octanol–water partition coefficient (Wildman–Crippen LogP) is 1.90. The molecule has 0 amide bonds. The molecule has 2 atom stereocenters. The quantitative estimate of drug-likeness (QED) is 0.832. The second-order valence-corrected chi connectivity index (χ2v) is 4.81. The molecule has 3 N–H and O–H groups in total. The summed E-state index contributed by atoms with van der Waals surface area (Å²) in [5.74, 6) is 0. The smallest absolute Gasteiger partial charge is 0.111 e. The highest BCUT2D eigenvalue weighted by Gasteiger charge is 2.20. The summed E-state index contributed by atoms with van der Waals surface area (Å²) in [7, 11) is 0. The van der Waals surface area contributed by atoms with E-state index in [9.17, 15) is 5.11 Å². The molecule has 2 aromatic rings. The van der Waals surface area contributed by atoms with Gasteiger partial charge < -0.3 is 15.4 Å². The van der Waals surface area contributed by atoms with Gasteiger partial charge in [0.25, 0.3) is 0 Å². The number of nitrogens with two attached hydrogens (primary N) is 1. The van der Waals surface area contributed by atoms with E-state index in [2.05, 4.69) is 11.9 Å².